The van der Waals surface area contributed by atoms with Gasteiger partial charge >= 0.3 is 0 Å². The molecule has 4 rings (SSSR count). The highest BCUT2D eigenvalue weighted by atomic mass is 79.9. The maximum absolute atomic E-state index is 12.8. The van der Waals surface area contributed by atoms with Crippen LogP contribution >= 0.6 is 15.9 Å². The van der Waals surface area contributed by atoms with E-state index in [-0.39, 0.29) is 17.6 Å². The lowest BCUT2D eigenvalue weighted by molar-refractivity contribution is 0.0941. The van der Waals surface area contributed by atoms with E-state index in [9.17, 15) is 9.59 Å². The van der Waals surface area contributed by atoms with Crippen LogP contribution in [0.4, 0.5) is 5.69 Å². The highest BCUT2D eigenvalue weighted by Gasteiger charge is 2.19. The molecule has 0 spiro atoms. The van der Waals surface area contributed by atoms with E-state index in [1.165, 1.54) is 6.26 Å². The zero-order valence-electron chi connectivity index (χ0n) is 15.6. The van der Waals surface area contributed by atoms with Crippen LogP contribution in [-0.2, 0) is 13.6 Å². The number of fused-ring (bicyclic) bond motifs is 1. The van der Waals surface area contributed by atoms with E-state index in [4.69, 9.17) is 4.42 Å². The lowest BCUT2D eigenvalue weighted by atomic mass is 10.2. The van der Waals surface area contributed by atoms with Crippen molar-refractivity contribution in [1.29, 1.82) is 0 Å². The van der Waals surface area contributed by atoms with Crippen LogP contribution in [0.25, 0.3) is 10.9 Å². The van der Waals surface area contributed by atoms with Crippen LogP contribution in [0.1, 0.15) is 26.6 Å². The van der Waals surface area contributed by atoms with Gasteiger partial charge in [0.25, 0.3) is 11.8 Å². The van der Waals surface area contributed by atoms with Crippen molar-refractivity contribution in [1.82, 2.24) is 9.88 Å². The summed E-state index contributed by atoms with van der Waals surface area (Å²) in [5.74, 6) is -0.263. The molecule has 2 heterocycles. The number of carbonyl (C=O) groups is 2. The molecule has 7 heteroatoms. The van der Waals surface area contributed by atoms with Crippen molar-refractivity contribution in [3.8, 4) is 0 Å². The number of hydrogen-bond acceptors (Lipinski definition) is 3. The van der Waals surface area contributed by atoms with E-state index in [1.807, 2.05) is 54.1 Å². The van der Waals surface area contributed by atoms with Gasteiger partial charge in [-0.15, -0.1) is 0 Å². The molecular formula is C22H18BrN3O3. The predicted molar refractivity (Wildman–Crippen MR) is 115 cm³/mol. The maximum atomic E-state index is 12.8. The third-order valence-corrected chi connectivity index (χ3v) is 5.45. The fourth-order valence-electron chi connectivity index (χ4n) is 3.22. The van der Waals surface area contributed by atoms with Gasteiger partial charge in [-0.05, 0) is 51.8 Å². The Hall–Kier alpha value is -3.32. The van der Waals surface area contributed by atoms with Gasteiger partial charge in [-0.2, -0.15) is 0 Å². The Balaban J connectivity index is 1.47. The number of aryl methyl sites for hydroxylation is 1. The molecule has 0 fully saturated rings. The first-order valence-corrected chi connectivity index (χ1v) is 9.79. The number of carbonyl (C=O) groups excluding carboxylic acids is 2. The molecule has 0 aliphatic carbocycles. The third-order valence-electron chi connectivity index (χ3n) is 4.64. The number of benzene rings is 2. The molecule has 0 saturated carbocycles. The number of halogens is 1. The summed E-state index contributed by atoms with van der Waals surface area (Å²) in [4.78, 5) is 24.9. The Labute approximate surface area is 175 Å². The van der Waals surface area contributed by atoms with Crippen LogP contribution in [0.15, 0.2) is 75.8 Å². The lowest BCUT2D eigenvalue weighted by Crippen LogP contribution is -2.25. The monoisotopic (exact) mass is 451 g/mol. The molecule has 2 aromatic carbocycles. The number of hydrogen-bond donors (Lipinski definition) is 2. The highest BCUT2D eigenvalue weighted by Crippen LogP contribution is 2.30. The van der Waals surface area contributed by atoms with Gasteiger partial charge in [0.2, 0.25) is 0 Å². The first-order valence-electron chi connectivity index (χ1n) is 8.99. The molecule has 0 bridgehead atoms. The summed E-state index contributed by atoms with van der Waals surface area (Å²) in [6.45, 7) is 0.331. The van der Waals surface area contributed by atoms with Crippen LogP contribution < -0.4 is 10.6 Å². The number of anilines is 1. The standard InChI is InChI=1S/C22H18BrN3O3/c1-26-17-9-3-2-8-16(17)19(23)20(26)22(28)24-13-14-6-4-7-15(12-14)25-21(27)18-10-5-11-29-18/h2-12H,13H2,1H3,(H,24,28)(H,25,27). The zero-order valence-corrected chi connectivity index (χ0v) is 17.2. The second kappa shape index (κ2) is 7.97. The number of furan rings is 1. The Morgan fingerprint density at radius 3 is 2.62 bits per heavy atom. The Morgan fingerprint density at radius 1 is 1.03 bits per heavy atom. The summed E-state index contributed by atoms with van der Waals surface area (Å²) < 4.78 is 7.74. The number of amides is 2. The van der Waals surface area contributed by atoms with E-state index in [1.54, 1.807) is 18.2 Å². The van der Waals surface area contributed by atoms with E-state index >= 15 is 0 Å². The zero-order chi connectivity index (χ0) is 20.4. The smallest absolute Gasteiger partial charge is 0.291 e. The molecule has 2 amide bonds. The van der Waals surface area contributed by atoms with Crippen molar-refractivity contribution < 1.29 is 14.0 Å². The molecule has 2 aromatic heterocycles. The molecule has 0 aliphatic heterocycles. The topological polar surface area (TPSA) is 76.3 Å². The Bertz CT molecular complexity index is 1160. The van der Waals surface area contributed by atoms with Gasteiger partial charge < -0.3 is 19.6 Å². The molecule has 6 nitrogen and oxygen atoms in total. The summed E-state index contributed by atoms with van der Waals surface area (Å²) in [5.41, 5.74) is 3.04. The van der Waals surface area contributed by atoms with E-state index < -0.39 is 0 Å². The summed E-state index contributed by atoms with van der Waals surface area (Å²) in [6.07, 6.45) is 1.45. The average Bonchev–Trinajstić information content (AvgIpc) is 3.35. The Morgan fingerprint density at radius 2 is 1.86 bits per heavy atom. The molecule has 0 atom stereocenters. The lowest BCUT2D eigenvalue weighted by Gasteiger charge is -2.09. The van der Waals surface area contributed by atoms with Crippen molar-refractivity contribution in [3.63, 3.8) is 0 Å². The van der Waals surface area contributed by atoms with Gasteiger partial charge in [-0.25, -0.2) is 0 Å². The minimum Gasteiger partial charge on any atom is -0.459 e. The number of aromatic nitrogens is 1. The molecule has 29 heavy (non-hydrogen) atoms. The first kappa shape index (κ1) is 19.0. The quantitative estimate of drug-likeness (QED) is 0.460. The van der Waals surface area contributed by atoms with Crippen molar-refractivity contribution >= 4 is 44.3 Å². The minimum absolute atomic E-state index is 0.180. The van der Waals surface area contributed by atoms with Gasteiger partial charge in [0.05, 0.1) is 10.7 Å². The van der Waals surface area contributed by atoms with Crippen LogP contribution in [0.2, 0.25) is 0 Å². The average molecular weight is 452 g/mol. The van der Waals surface area contributed by atoms with Crippen LogP contribution in [-0.4, -0.2) is 16.4 Å². The summed E-state index contributed by atoms with van der Waals surface area (Å²) in [7, 11) is 1.87. The van der Waals surface area contributed by atoms with E-state index in [0.717, 1.165) is 20.9 Å². The minimum atomic E-state index is -0.324. The largest absolute Gasteiger partial charge is 0.459 e. The van der Waals surface area contributed by atoms with Gasteiger partial charge in [-0.1, -0.05) is 30.3 Å². The maximum Gasteiger partial charge on any atom is 0.291 e. The van der Waals surface area contributed by atoms with Gasteiger partial charge in [0.15, 0.2) is 5.76 Å². The van der Waals surface area contributed by atoms with Crippen LogP contribution in [0.5, 0.6) is 0 Å². The molecule has 0 radical (unpaired) electrons. The normalized spacial score (nSPS) is 10.8. The highest BCUT2D eigenvalue weighted by molar-refractivity contribution is 9.10. The van der Waals surface area contributed by atoms with Crippen molar-refractivity contribution in [2.75, 3.05) is 5.32 Å². The van der Waals surface area contributed by atoms with Gasteiger partial charge in [-0.3, -0.25) is 9.59 Å². The summed E-state index contributed by atoms with van der Waals surface area (Å²) in [5, 5.41) is 6.72. The van der Waals surface area contributed by atoms with Gasteiger partial charge in [0, 0.05) is 30.2 Å². The van der Waals surface area contributed by atoms with Crippen LogP contribution in [0.3, 0.4) is 0 Å². The summed E-state index contributed by atoms with van der Waals surface area (Å²) in [6, 6.07) is 18.4. The summed E-state index contributed by atoms with van der Waals surface area (Å²) >= 11 is 3.55. The van der Waals surface area contributed by atoms with Crippen molar-refractivity contribution in [2.24, 2.45) is 7.05 Å². The third kappa shape index (κ3) is 3.82. The molecule has 4 aromatic rings. The SMILES string of the molecule is Cn1c(C(=O)NCc2cccc(NC(=O)c3ccco3)c2)c(Br)c2ccccc21. The number of rotatable bonds is 5. The number of nitrogens with zero attached hydrogens (tertiary/aromatic N) is 1. The van der Waals surface area contributed by atoms with Crippen LogP contribution in [0, 0.1) is 0 Å². The van der Waals surface area contributed by atoms with Crippen molar-refractivity contribution in [3.05, 3.63) is 88.4 Å². The van der Waals surface area contributed by atoms with E-state index in [0.29, 0.717) is 17.9 Å². The molecule has 146 valence electrons. The molecule has 0 unspecified atom stereocenters. The first-order chi connectivity index (χ1) is 14.0. The predicted octanol–water partition coefficient (Wildman–Crippen LogP) is 4.72. The molecule has 2 N–H and O–H groups in total. The fraction of sp³-hybridized carbons (Fsp3) is 0.0909. The Kier molecular flexibility index (Phi) is 5.22. The molecule has 0 aliphatic rings. The number of nitrogens with one attached hydrogen (secondary N) is 2. The molecular weight excluding hydrogens is 434 g/mol. The second-order valence-corrected chi connectivity index (χ2v) is 7.35. The van der Waals surface area contributed by atoms with Crippen molar-refractivity contribution in [2.45, 2.75) is 6.54 Å². The number of para-hydroxylation sites is 1. The second-order valence-electron chi connectivity index (χ2n) is 6.55. The fourth-order valence-corrected chi connectivity index (χ4v) is 4.01. The van der Waals surface area contributed by atoms with Gasteiger partial charge in [0.1, 0.15) is 5.69 Å². The van der Waals surface area contributed by atoms with E-state index in [2.05, 4.69) is 26.6 Å². The molecule has 0 saturated heterocycles.